The standard InChI is InChI=1S/C21H32O6/c1-19(2,3)13-24-17-16(12-23-11-15-9-7-6-8-10-15)26-21(18(17)22)14-25-20(4,5)27-21/h6-10,16-18,22H,11-14H2,1-5H3/t16-,17?,18?,21?/m1/s1. The third kappa shape index (κ3) is 5.08. The molecular formula is C21H32O6. The van der Waals surface area contributed by atoms with Gasteiger partial charge in [0.05, 0.1) is 19.8 Å². The summed E-state index contributed by atoms with van der Waals surface area (Å²) in [5.41, 5.74) is 1.05. The number of rotatable bonds is 6. The van der Waals surface area contributed by atoms with Gasteiger partial charge in [0.1, 0.15) is 24.9 Å². The second-order valence-electron chi connectivity index (χ2n) is 9.04. The van der Waals surface area contributed by atoms with Crippen molar-refractivity contribution < 1.29 is 28.8 Å². The molecule has 2 fully saturated rings. The normalized spacial score (nSPS) is 33.0. The third-order valence-electron chi connectivity index (χ3n) is 4.62. The zero-order valence-corrected chi connectivity index (χ0v) is 16.9. The Kier molecular flexibility index (Phi) is 5.96. The van der Waals surface area contributed by atoms with Gasteiger partial charge in [-0.15, -0.1) is 0 Å². The first kappa shape index (κ1) is 20.7. The zero-order valence-electron chi connectivity index (χ0n) is 16.9. The molecular weight excluding hydrogens is 348 g/mol. The summed E-state index contributed by atoms with van der Waals surface area (Å²) in [6, 6.07) is 9.94. The van der Waals surface area contributed by atoms with Gasteiger partial charge in [0.15, 0.2) is 5.79 Å². The monoisotopic (exact) mass is 380 g/mol. The summed E-state index contributed by atoms with van der Waals surface area (Å²) in [5.74, 6) is -2.03. The van der Waals surface area contributed by atoms with E-state index in [0.717, 1.165) is 5.56 Å². The summed E-state index contributed by atoms with van der Waals surface area (Å²) in [6.07, 6.45) is -1.94. The topological polar surface area (TPSA) is 66.4 Å². The summed E-state index contributed by atoms with van der Waals surface area (Å²) in [7, 11) is 0. The van der Waals surface area contributed by atoms with Crippen molar-refractivity contribution in [3.63, 3.8) is 0 Å². The molecule has 1 N–H and O–H groups in total. The molecule has 0 radical (unpaired) electrons. The lowest BCUT2D eigenvalue weighted by Crippen LogP contribution is -2.47. The Balaban J connectivity index is 1.66. The van der Waals surface area contributed by atoms with Crippen LogP contribution < -0.4 is 0 Å². The van der Waals surface area contributed by atoms with Crippen LogP contribution in [-0.2, 0) is 30.3 Å². The van der Waals surface area contributed by atoms with Crippen LogP contribution in [-0.4, -0.2) is 54.8 Å². The van der Waals surface area contributed by atoms with E-state index in [9.17, 15) is 5.11 Å². The molecule has 2 heterocycles. The third-order valence-corrected chi connectivity index (χ3v) is 4.62. The van der Waals surface area contributed by atoms with Crippen LogP contribution in [0.15, 0.2) is 30.3 Å². The fourth-order valence-electron chi connectivity index (χ4n) is 3.34. The Morgan fingerprint density at radius 3 is 2.48 bits per heavy atom. The van der Waals surface area contributed by atoms with E-state index >= 15 is 0 Å². The molecule has 0 saturated carbocycles. The lowest BCUT2D eigenvalue weighted by molar-refractivity contribution is -0.271. The lowest BCUT2D eigenvalue weighted by Gasteiger charge is -2.28. The Labute approximate surface area is 161 Å². The maximum Gasteiger partial charge on any atom is 0.224 e. The van der Waals surface area contributed by atoms with Crippen molar-refractivity contribution in [2.75, 3.05) is 19.8 Å². The first-order valence-corrected chi connectivity index (χ1v) is 9.54. The molecule has 3 rings (SSSR count). The first-order valence-electron chi connectivity index (χ1n) is 9.54. The van der Waals surface area contributed by atoms with Crippen molar-refractivity contribution in [1.29, 1.82) is 0 Å². The summed E-state index contributed by atoms with van der Waals surface area (Å²) in [4.78, 5) is 0. The van der Waals surface area contributed by atoms with Crippen molar-refractivity contribution in [2.24, 2.45) is 5.41 Å². The number of hydrogen-bond donors (Lipinski definition) is 1. The smallest absolute Gasteiger partial charge is 0.224 e. The fourth-order valence-corrected chi connectivity index (χ4v) is 3.34. The van der Waals surface area contributed by atoms with Crippen LogP contribution in [0.25, 0.3) is 0 Å². The van der Waals surface area contributed by atoms with E-state index in [-0.39, 0.29) is 12.0 Å². The maximum atomic E-state index is 10.9. The minimum Gasteiger partial charge on any atom is -0.385 e. The first-order chi connectivity index (χ1) is 12.6. The Hall–Kier alpha value is -1.02. The van der Waals surface area contributed by atoms with Crippen LogP contribution in [0, 0.1) is 5.41 Å². The Morgan fingerprint density at radius 1 is 1.19 bits per heavy atom. The van der Waals surface area contributed by atoms with Crippen molar-refractivity contribution in [1.82, 2.24) is 0 Å². The number of benzene rings is 1. The molecule has 27 heavy (non-hydrogen) atoms. The number of aliphatic hydroxyl groups is 1. The highest BCUT2D eigenvalue weighted by Gasteiger charge is 2.62. The predicted molar refractivity (Wildman–Crippen MR) is 100 cm³/mol. The Bertz CT molecular complexity index is 611. The van der Waals surface area contributed by atoms with Crippen molar-refractivity contribution in [3.05, 3.63) is 35.9 Å². The van der Waals surface area contributed by atoms with E-state index in [1.165, 1.54) is 0 Å². The van der Waals surface area contributed by atoms with Gasteiger partial charge in [-0.1, -0.05) is 51.1 Å². The molecule has 2 aliphatic rings. The average molecular weight is 380 g/mol. The molecule has 1 spiro atoms. The van der Waals surface area contributed by atoms with Crippen LogP contribution in [0.5, 0.6) is 0 Å². The van der Waals surface area contributed by atoms with Gasteiger partial charge < -0.3 is 28.8 Å². The summed E-state index contributed by atoms with van der Waals surface area (Å²) in [5, 5.41) is 10.9. The Morgan fingerprint density at radius 2 is 1.89 bits per heavy atom. The van der Waals surface area contributed by atoms with Crippen LogP contribution in [0.3, 0.4) is 0 Å². The van der Waals surface area contributed by atoms with Crippen molar-refractivity contribution in [3.8, 4) is 0 Å². The highest BCUT2D eigenvalue weighted by atomic mass is 16.9. The van der Waals surface area contributed by atoms with E-state index in [0.29, 0.717) is 19.8 Å². The van der Waals surface area contributed by atoms with Crippen LogP contribution >= 0.6 is 0 Å². The van der Waals surface area contributed by atoms with E-state index in [1.54, 1.807) is 0 Å². The van der Waals surface area contributed by atoms with Gasteiger partial charge in [-0.25, -0.2) is 0 Å². The van der Waals surface area contributed by atoms with E-state index in [1.807, 2.05) is 44.2 Å². The molecule has 0 aliphatic carbocycles. The molecule has 1 aromatic rings. The number of hydrogen-bond acceptors (Lipinski definition) is 6. The largest absolute Gasteiger partial charge is 0.385 e. The number of aliphatic hydroxyl groups excluding tert-OH is 1. The van der Waals surface area contributed by atoms with Crippen molar-refractivity contribution >= 4 is 0 Å². The fraction of sp³-hybridized carbons (Fsp3) is 0.714. The van der Waals surface area contributed by atoms with Gasteiger partial charge in [-0.3, -0.25) is 0 Å². The van der Waals surface area contributed by atoms with Crippen LogP contribution in [0.2, 0.25) is 0 Å². The summed E-state index contributed by atoms with van der Waals surface area (Å²) in [6.45, 7) is 11.3. The zero-order chi connectivity index (χ0) is 19.7. The highest BCUT2D eigenvalue weighted by Crippen LogP contribution is 2.43. The average Bonchev–Trinajstić information content (AvgIpc) is 3.03. The molecule has 0 amide bonds. The molecule has 4 atom stereocenters. The summed E-state index contributed by atoms with van der Waals surface area (Å²) < 4.78 is 29.6. The lowest BCUT2D eigenvalue weighted by atomic mass is 9.98. The molecule has 2 saturated heterocycles. The minimum absolute atomic E-state index is 0.0305. The molecule has 1 aromatic carbocycles. The van der Waals surface area contributed by atoms with E-state index in [4.69, 9.17) is 23.7 Å². The molecule has 0 bridgehead atoms. The van der Waals surface area contributed by atoms with Gasteiger partial charge in [-0.05, 0) is 24.8 Å². The molecule has 3 unspecified atom stereocenters. The van der Waals surface area contributed by atoms with Crippen LogP contribution in [0.1, 0.15) is 40.2 Å². The number of ether oxygens (including phenoxy) is 5. The minimum atomic E-state index is -1.22. The predicted octanol–water partition coefficient (Wildman–Crippen LogP) is 2.87. The van der Waals surface area contributed by atoms with Crippen LogP contribution in [0.4, 0.5) is 0 Å². The van der Waals surface area contributed by atoms with Gasteiger partial charge >= 0.3 is 0 Å². The SMILES string of the molecule is CC(C)(C)COC1C(O)C2(COC(C)(C)O2)O[C@@H]1COCc1ccccc1. The molecule has 6 heteroatoms. The van der Waals surface area contributed by atoms with Gasteiger partial charge in [0.25, 0.3) is 0 Å². The maximum absolute atomic E-state index is 10.9. The summed E-state index contributed by atoms with van der Waals surface area (Å²) >= 11 is 0. The molecule has 6 nitrogen and oxygen atoms in total. The van der Waals surface area contributed by atoms with Gasteiger partial charge in [-0.2, -0.15) is 0 Å². The van der Waals surface area contributed by atoms with Gasteiger partial charge in [0, 0.05) is 0 Å². The van der Waals surface area contributed by atoms with Gasteiger partial charge in [0.2, 0.25) is 5.79 Å². The van der Waals surface area contributed by atoms with Crippen molar-refractivity contribution in [2.45, 2.75) is 71.1 Å². The highest BCUT2D eigenvalue weighted by molar-refractivity contribution is 5.13. The molecule has 2 aliphatic heterocycles. The van der Waals surface area contributed by atoms with E-state index in [2.05, 4.69) is 20.8 Å². The second kappa shape index (κ2) is 7.78. The molecule has 0 aromatic heterocycles. The quantitative estimate of drug-likeness (QED) is 0.819. The second-order valence-corrected chi connectivity index (χ2v) is 9.04. The molecule has 152 valence electrons. The van der Waals surface area contributed by atoms with E-state index < -0.39 is 29.9 Å².